The molecule has 1 aliphatic heterocycles. The molecule has 0 aliphatic carbocycles. The highest BCUT2D eigenvalue weighted by Gasteiger charge is 2.38. The summed E-state index contributed by atoms with van der Waals surface area (Å²) in [5.41, 5.74) is 0.954. The number of carbonyl (C=O) groups excluding carboxylic acids is 1. The lowest BCUT2D eigenvalue weighted by Crippen LogP contribution is -2.50. The zero-order valence-electron chi connectivity index (χ0n) is 12.2. The first-order valence-electron chi connectivity index (χ1n) is 7.26. The van der Waals surface area contributed by atoms with Crippen LogP contribution in [0.1, 0.15) is 42.1 Å². The third-order valence-electron chi connectivity index (χ3n) is 3.73. The molecule has 2 N–H and O–H groups in total. The quantitative estimate of drug-likeness (QED) is 0.840. The van der Waals surface area contributed by atoms with Crippen molar-refractivity contribution in [2.75, 3.05) is 13.2 Å². The van der Waals surface area contributed by atoms with E-state index in [0.29, 0.717) is 18.6 Å². The van der Waals surface area contributed by atoms with E-state index in [1.54, 1.807) is 12.1 Å². The van der Waals surface area contributed by atoms with Crippen molar-refractivity contribution in [3.05, 3.63) is 35.4 Å². The Morgan fingerprint density at radius 2 is 2.05 bits per heavy atom. The minimum absolute atomic E-state index is 0.118. The van der Waals surface area contributed by atoms with Gasteiger partial charge in [0.05, 0.1) is 18.6 Å². The SMILES string of the molecule is CCCc1ccc(C(=O)NC2(CC(=O)O)CCOC2)cc1. The van der Waals surface area contributed by atoms with Gasteiger partial charge in [-0.1, -0.05) is 25.5 Å². The zero-order chi connectivity index (χ0) is 15.3. The molecule has 1 atom stereocenters. The first-order valence-corrected chi connectivity index (χ1v) is 7.26. The first-order chi connectivity index (χ1) is 10.0. The molecule has 0 saturated carbocycles. The minimum Gasteiger partial charge on any atom is -0.481 e. The van der Waals surface area contributed by atoms with Gasteiger partial charge in [0.15, 0.2) is 0 Å². The Bertz CT molecular complexity index is 504. The summed E-state index contributed by atoms with van der Waals surface area (Å²) in [5.74, 6) is -1.18. The molecule has 5 nitrogen and oxygen atoms in total. The number of ether oxygens (including phenoxy) is 1. The fourth-order valence-corrected chi connectivity index (χ4v) is 2.60. The van der Waals surface area contributed by atoms with Crippen molar-refractivity contribution in [3.8, 4) is 0 Å². The molecule has 0 bridgehead atoms. The molecule has 1 unspecified atom stereocenters. The number of rotatable bonds is 6. The minimum atomic E-state index is -0.931. The summed E-state index contributed by atoms with van der Waals surface area (Å²) in [6.07, 6.45) is 2.45. The van der Waals surface area contributed by atoms with Crippen molar-refractivity contribution < 1.29 is 19.4 Å². The van der Waals surface area contributed by atoms with Gasteiger partial charge in [0, 0.05) is 12.2 Å². The number of benzene rings is 1. The second-order valence-corrected chi connectivity index (χ2v) is 5.55. The Hall–Kier alpha value is -1.88. The van der Waals surface area contributed by atoms with E-state index in [4.69, 9.17) is 9.84 Å². The van der Waals surface area contributed by atoms with E-state index in [-0.39, 0.29) is 18.9 Å². The summed E-state index contributed by atoms with van der Waals surface area (Å²) in [6.45, 7) is 2.83. The highest BCUT2D eigenvalue weighted by Crippen LogP contribution is 2.23. The number of nitrogens with one attached hydrogen (secondary N) is 1. The van der Waals surface area contributed by atoms with Crippen LogP contribution in [0.4, 0.5) is 0 Å². The molecule has 0 spiro atoms. The van der Waals surface area contributed by atoms with E-state index in [2.05, 4.69) is 12.2 Å². The van der Waals surface area contributed by atoms with E-state index in [1.165, 1.54) is 5.56 Å². The van der Waals surface area contributed by atoms with Crippen LogP contribution in [-0.4, -0.2) is 35.7 Å². The summed E-state index contributed by atoms with van der Waals surface area (Å²) in [5, 5.41) is 11.9. The van der Waals surface area contributed by atoms with Crippen LogP contribution in [0.25, 0.3) is 0 Å². The Labute approximate surface area is 124 Å². The number of hydrogen-bond donors (Lipinski definition) is 2. The summed E-state index contributed by atoms with van der Waals surface area (Å²) >= 11 is 0. The Morgan fingerprint density at radius 1 is 1.33 bits per heavy atom. The van der Waals surface area contributed by atoms with Gasteiger partial charge in [-0.2, -0.15) is 0 Å². The molecule has 1 aromatic rings. The van der Waals surface area contributed by atoms with Gasteiger partial charge in [-0.15, -0.1) is 0 Å². The molecule has 21 heavy (non-hydrogen) atoms. The lowest BCUT2D eigenvalue weighted by atomic mass is 9.93. The van der Waals surface area contributed by atoms with Crippen molar-refractivity contribution in [3.63, 3.8) is 0 Å². The van der Waals surface area contributed by atoms with Crippen LogP contribution in [0.5, 0.6) is 0 Å². The van der Waals surface area contributed by atoms with Gasteiger partial charge in [-0.05, 0) is 30.5 Å². The van der Waals surface area contributed by atoms with Crippen molar-refractivity contribution in [1.82, 2.24) is 5.32 Å². The highest BCUT2D eigenvalue weighted by molar-refractivity contribution is 5.95. The lowest BCUT2D eigenvalue weighted by Gasteiger charge is -2.27. The third-order valence-corrected chi connectivity index (χ3v) is 3.73. The molecule has 1 fully saturated rings. The topological polar surface area (TPSA) is 75.6 Å². The second-order valence-electron chi connectivity index (χ2n) is 5.55. The second kappa shape index (κ2) is 6.72. The smallest absolute Gasteiger partial charge is 0.305 e. The Morgan fingerprint density at radius 3 is 2.57 bits per heavy atom. The van der Waals surface area contributed by atoms with E-state index in [1.807, 2.05) is 12.1 Å². The Balaban J connectivity index is 2.06. The van der Waals surface area contributed by atoms with Crippen LogP contribution in [0, 0.1) is 0 Å². The fourth-order valence-electron chi connectivity index (χ4n) is 2.60. The molecule has 1 aromatic carbocycles. The van der Waals surface area contributed by atoms with Crippen LogP contribution >= 0.6 is 0 Å². The fraction of sp³-hybridized carbons (Fsp3) is 0.500. The lowest BCUT2D eigenvalue weighted by molar-refractivity contribution is -0.138. The molecule has 1 saturated heterocycles. The largest absolute Gasteiger partial charge is 0.481 e. The summed E-state index contributed by atoms with van der Waals surface area (Å²) < 4.78 is 5.27. The number of aliphatic carboxylic acids is 1. The number of carboxylic acid groups (broad SMARTS) is 1. The number of carbonyl (C=O) groups is 2. The molecule has 1 aliphatic rings. The maximum Gasteiger partial charge on any atom is 0.305 e. The van der Waals surface area contributed by atoms with Gasteiger partial charge in [0.25, 0.3) is 5.91 Å². The van der Waals surface area contributed by atoms with Gasteiger partial charge in [0.1, 0.15) is 0 Å². The average Bonchev–Trinajstić information content (AvgIpc) is 2.87. The molecule has 114 valence electrons. The standard InChI is InChI=1S/C16H21NO4/c1-2-3-12-4-6-13(7-5-12)15(20)17-16(10-14(18)19)8-9-21-11-16/h4-7H,2-3,8-11H2,1H3,(H,17,20)(H,18,19). The van der Waals surface area contributed by atoms with Crippen molar-refractivity contribution in [1.29, 1.82) is 0 Å². The summed E-state index contributed by atoms with van der Waals surface area (Å²) in [6, 6.07) is 7.44. The molecule has 5 heteroatoms. The maximum atomic E-state index is 12.3. The van der Waals surface area contributed by atoms with E-state index in [9.17, 15) is 9.59 Å². The Kier molecular flexibility index (Phi) is 4.96. The average molecular weight is 291 g/mol. The maximum absolute atomic E-state index is 12.3. The van der Waals surface area contributed by atoms with Crippen molar-refractivity contribution >= 4 is 11.9 Å². The predicted molar refractivity (Wildman–Crippen MR) is 78.3 cm³/mol. The van der Waals surface area contributed by atoms with Crippen LogP contribution < -0.4 is 5.32 Å². The molecule has 1 amide bonds. The van der Waals surface area contributed by atoms with Gasteiger partial charge >= 0.3 is 5.97 Å². The van der Waals surface area contributed by atoms with Crippen LogP contribution in [-0.2, 0) is 16.0 Å². The number of carboxylic acids is 1. The third kappa shape index (κ3) is 4.04. The summed E-state index contributed by atoms with van der Waals surface area (Å²) in [7, 11) is 0. The summed E-state index contributed by atoms with van der Waals surface area (Å²) in [4.78, 5) is 23.3. The van der Waals surface area contributed by atoms with Gasteiger partial charge < -0.3 is 15.2 Å². The van der Waals surface area contributed by atoms with Gasteiger partial charge in [-0.25, -0.2) is 0 Å². The normalized spacial score (nSPS) is 21.2. The van der Waals surface area contributed by atoms with Gasteiger partial charge in [0.2, 0.25) is 0 Å². The van der Waals surface area contributed by atoms with E-state index < -0.39 is 11.5 Å². The van der Waals surface area contributed by atoms with Crippen LogP contribution in [0.3, 0.4) is 0 Å². The molecule has 1 heterocycles. The molecular weight excluding hydrogens is 270 g/mol. The van der Waals surface area contributed by atoms with E-state index >= 15 is 0 Å². The van der Waals surface area contributed by atoms with Crippen molar-refractivity contribution in [2.24, 2.45) is 0 Å². The van der Waals surface area contributed by atoms with Crippen molar-refractivity contribution in [2.45, 2.75) is 38.1 Å². The van der Waals surface area contributed by atoms with E-state index in [0.717, 1.165) is 12.8 Å². The van der Waals surface area contributed by atoms with Crippen LogP contribution in [0.15, 0.2) is 24.3 Å². The zero-order valence-corrected chi connectivity index (χ0v) is 12.2. The molecule has 0 aromatic heterocycles. The van der Waals surface area contributed by atoms with Crippen LogP contribution in [0.2, 0.25) is 0 Å². The monoisotopic (exact) mass is 291 g/mol. The predicted octanol–water partition coefficient (Wildman–Crippen LogP) is 2.00. The molecule has 0 radical (unpaired) electrons. The first kappa shape index (κ1) is 15.5. The number of amides is 1. The molecular formula is C16H21NO4. The van der Waals surface area contributed by atoms with Gasteiger partial charge in [-0.3, -0.25) is 9.59 Å². The number of aryl methyl sites for hydroxylation is 1. The number of hydrogen-bond acceptors (Lipinski definition) is 3. The highest BCUT2D eigenvalue weighted by atomic mass is 16.5. The molecule has 2 rings (SSSR count).